The molecule has 0 bridgehead atoms. The van der Waals surface area contributed by atoms with Crippen LogP contribution in [-0.4, -0.2) is 0 Å². The topological polar surface area (TPSA) is 18.5 Å². The zero-order valence-corrected chi connectivity index (χ0v) is 17.6. The van der Waals surface area contributed by atoms with E-state index in [4.69, 9.17) is 9.78 Å². The molecule has 2 aromatic carbocycles. The molecule has 0 radical (unpaired) electrons. The van der Waals surface area contributed by atoms with Gasteiger partial charge >= 0.3 is 0 Å². The number of hydrogen-bond donors (Lipinski definition) is 0. The fraction of sp³-hybridized carbons (Fsp3) is 0.500. The van der Waals surface area contributed by atoms with Crippen molar-refractivity contribution in [2.24, 2.45) is 0 Å². The first-order valence-corrected chi connectivity index (χ1v) is 9.84. The highest BCUT2D eigenvalue weighted by Gasteiger charge is 2.20. The third kappa shape index (κ3) is 4.41. The standard InChI is InChI=1S/C24H34O2/c1-15(2)19-11-9-12-20(16(3)4)23(19)25-26-24-21(17(5)6)13-10-14-22(24)18(7)8/h9-18H,1-8H3. The van der Waals surface area contributed by atoms with Gasteiger partial charge in [0.25, 0.3) is 0 Å². The summed E-state index contributed by atoms with van der Waals surface area (Å²) in [4.78, 5) is 12.1. The summed E-state index contributed by atoms with van der Waals surface area (Å²) < 4.78 is 0. The van der Waals surface area contributed by atoms with E-state index in [0.29, 0.717) is 23.7 Å². The molecule has 0 aliphatic heterocycles. The fourth-order valence-electron chi connectivity index (χ4n) is 3.24. The van der Waals surface area contributed by atoms with Gasteiger partial charge in [0.2, 0.25) is 0 Å². The first-order chi connectivity index (χ1) is 12.2. The van der Waals surface area contributed by atoms with Gasteiger partial charge in [-0.1, -0.05) is 91.8 Å². The normalized spacial score (nSPS) is 11.7. The van der Waals surface area contributed by atoms with Crippen LogP contribution in [0.1, 0.15) is 101 Å². The Morgan fingerprint density at radius 1 is 0.462 bits per heavy atom. The Morgan fingerprint density at radius 2 is 0.692 bits per heavy atom. The molecule has 0 aliphatic rings. The van der Waals surface area contributed by atoms with Crippen molar-refractivity contribution in [1.29, 1.82) is 0 Å². The Hall–Kier alpha value is -1.96. The average molecular weight is 355 g/mol. The molecule has 0 unspecified atom stereocenters. The molecule has 2 aromatic rings. The molecule has 0 atom stereocenters. The molecule has 0 amide bonds. The molecule has 0 saturated carbocycles. The molecule has 2 heteroatoms. The number of para-hydroxylation sites is 2. The summed E-state index contributed by atoms with van der Waals surface area (Å²) in [5.41, 5.74) is 4.74. The second-order valence-corrected chi connectivity index (χ2v) is 8.32. The maximum absolute atomic E-state index is 6.06. The highest BCUT2D eigenvalue weighted by atomic mass is 17.2. The van der Waals surface area contributed by atoms with E-state index in [9.17, 15) is 0 Å². The molecule has 26 heavy (non-hydrogen) atoms. The largest absolute Gasteiger partial charge is 0.289 e. The summed E-state index contributed by atoms with van der Waals surface area (Å²) in [5, 5.41) is 0. The molecule has 2 nitrogen and oxygen atoms in total. The zero-order valence-electron chi connectivity index (χ0n) is 17.6. The summed E-state index contributed by atoms with van der Waals surface area (Å²) >= 11 is 0. The van der Waals surface area contributed by atoms with Crippen molar-refractivity contribution in [3.05, 3.63) is 58.7 Å². The zero-order chi connectivity index (χ0) is 19.4. The molecule has 0 aromatic heterocycles. The van der Waals surface area contributed by atoms with Crippen LogP contribution < -0.4 is 9.78 Å². The van der Waals surface area contributed by atoms with Crippen LogP contribution in [0.25, 0.3) is 0 Å². The van der Waals surface area contributed by atoms with E-state index >= 15 is 0 Å². The Bertz CT molecular complexity index is 611. The molecule has 0 fully saturated rings. The van der Waals surface area contributed by atoms with Crippen LogP contribution in [0, 0.1) is 0 Å². The van der Waals surface area contributed by atoms with Gasteiger partial charge in [0, 0.05) is 22.3 Å². The first kappa shape index (κ1) is 20.4. The van der Waals surface area contributed by atoms with Gasteiger partial charge in [-0.25, -0.2) is 0 Å². The Kier molecular flexibility index (Phi) is 6.75. The number of rotatable bonds is 7. The van der Waals surface area contributed by atoms with Gasteiger partial charge in [-0.05, 0) is 23.7 Å². The SMILES string of the molecule is CC(C)c1cccc(C(C)C)c1OOc1c(C(C)C)cccc1C(C)C. The van der Waals surface area contributed by atoms with E-state index in [-0.39, 0.29) is 0 Å². The van der Waals surface area contributed by atoms with Gasteiger partial charge in [-0.3, -0.25) is 9.78 Å². The molecule has 2 rings (SSSR count). The Labute approximate surface area is 159 Å². The van der Waals surface area contributed by atoms with Gasteiger partial charge in [0.1, 0.15) is 0 Å². The lowest BCUT2D eigenvalue weighted by Gasteiger charge is -2.22. The van der Waals surface area contributed by atoms with Crippen LogP contribution in [0.5, 0.6) is 11.5 Å². The minimum atomic E-state index is 0.372. The van der Waals surface area contributed by atoms with Crippen LogP contribution >= 0.6 is 0 Å². The summed E-state index contributed by atoms with van der Waals surface area (Å²) in [7, 11) is 0. The molecule has 0 saturated heterocycles. The summed E-state index contributed by atoms with van der Waals surface area (Å²) in [5.74, 6) is 3.22. The fourth-order valence-corrected chi connectivity index (χ4v) is 3.24. The van der Waals surface area contributed by atoms with Crippen molar-refractivity contribution in [3.63, 3.8) is 0 Å². The lowest BCUT2D eigenvalue weighted by atomic mass is 9.94. The maximum Gasteiger partial charge on any atom is 0.185 e. The van der Waals surface area contributed by atoms with Crippen molar-refractivity contribution in [2.75, 3.05) is 0 Å². The number of benzene rings is 2. The predicted octanol–water partition coefficient (Wildman–Crippen LogP) is 7.55. The van der Waals surface area contributed by atoms with Crippen molar-refractivity contribution >= 4 is 0 Å². The number of hydrogen-bond acceptors (Lipinski definition) is 2. The van der Waals surface area contributed by atoms with Crippen LogP contribution in [0.2, 0.25) is 0 Å². The quantitative estimate of drug-likeness (QED) is 0.377. The Morgan fingerprint density at radius 3 is 0.885 bits per heavy atom. The van der Waals surface area contributed by atoms with Crippen LogP contribution in [0.15, 0.2) is 36.4 Å². The van der Waals surface area contributed by atoms with Crippen LogP contribution in [-0.2, 0) is 0 Å². The van der Waals surface area contributed by atoms with E-state index in [1.54, 1.807) is 0 Å². The summed E-state index contributed by atoms with van der Waals surface area (Å²) in [6, 6.07) is 12.7. The smallest absolute Gasteiger partial charge is 0.185 e. The molecule has 0 heterocycles. The minimum Gasteiger partial charge on any atom is -0.289 e. The average Bonchev–Trinajstić information content (AvgIpc) is 2.58. The molecule has 0 aliphatic carbocycles. The van der Waals surface area contributed by atoms with E-state index in [2.05, 4.69) is 91.8 Å². The third-order valence-corrected chi connectivity index (χ3v) is 4.85. The monoisotopic (exact) mass is 354 g/mol. The van der Waals surface area contributed by atoms with E-state index in [1.165, 1.54) is 22.3 Å². The summed E-state index contributed by atoms with van der Waals surface area (Å²) in [6.07, 6.45) is 0. The van der Waals surface area contributed by atoms with Crippen molar-refractivity contribution in [1.82, 2.24) is 0 Å². The third-order valence-electron chi connectivity index (χ3n) is 4.85. The summed E-state index contributed by atoms with van der Waals surface area (Å²) in [6.45, 7) is 17.5. The first-order valence-electron chi connectivity index (χ1n) is 9.84. The van der Waals surface area contributed by atoms with Gasteiger partial charge in [0.05, 0.1) is 0 Å². The Balaban J connectivity index is 2.47. The maximum atomic E-state index is 6.06. The van der Waals surface area contributed by atoms with E-state index in [1.807, 2.05) is 0 Å². The van der Waals surface area contributed by atoms with Crippen molar-refractivity contribution in [2.45, 2.75) is 79.1 Å². The van der Waals surface area contributed by atoms with E-state index in [0.717, 1.165) is 11.5 Å². The minimum absolute atomic E-state index is 0.372. The molecule has 0 N–H and O–H groups in total. The van der Waals surface area contributed by atoms with Crippen molar-refractivity contribution in [3.8, 4) is 11.5 Å². The highest BCUT2D eigenvalue weighted by molar-refractivity contribution is 5.47. The van der Waals surface area contributed by atoms with Gasteiger partial charge in [-0.15, -0.1) is 0 Å². The van der Waals surface area contributed by atoms with Gasteiger partial charge in [-0.2, -0.15) is 0 Å². The van der Waals surface area contributed by atoms with Crippen LogP contribution in [0.3, 0.4) is 0 Å². The molecule has 142 valence electrons. The van der Waals surface area contributed by atoms with Crippen molar-refractivity contribution < 1.29 is 9.78 Å². The second-order valence-electron chi connectivity index (χ2n) is 8.32. The van der Waals surface area contributed by atoms with Crippen LogP contribution in [0.4, 0.5) is 0 Å². The molecular weight excluding hydrogens is 320 g/mol. The van der Waals surface area contributed by atoms with Gasteiger partial charge < -0.3 is 0 Å². The van der Waals surface area contributed by atoms with Gasteiger partial charge in [0.15, 0.2) is 11.5 Å². The molecular formula is C24H34O2. The predicted molar refractivity (Wildman–Crippen MR) is 110 cm³/mol. The second kappa shape index (κ2) is 8.62. The molecule has 0 spiro atoms. The lowest BCUT2D eigenvalue weighted by molar-refractivity contribution is -0.104. The van der Waals surface area contributed by atoms with E-state index < -0.39 is 0 Å². The lowest BCUT2D eigenvalue weighted by Crippen LogP contribution is -2.11. The highest BCUT2D eigenvalue weighted by Crippen LogP contribution is 2.38.